The summed E-state index contributed by atoms with van der Waals surface area (Å²) in [6.45, 7) is 5.71. The van der Waals surface area contributed by atoms with E-state index in [2.05, 4.69) is 26.2 Å². The van der Waals surface area contributed by atoms with Crippen LogP contribution in [0.3, 0.4) is 0 Å². The highest BCUT2D eigenvalue weighted by atomic mass is 32.2. The van der Waals surface area contributed by atoms with E-state index < -0.39 is 5.25 Å². The van der Waals surface area contributed by atoms with Crippen molar-refractivity contribution in [2.75, 3.05) is 5.32 Å². The SMILES string of the molecule is CC(C)=C1SC(=O)N/C1=N\N=C1\NC(=O)[C@H](CC(=O)Nc2ccc(C)cc2)S1. The summed E-state index contributed by atoms with van der Waals surface area (Å²) in [6.07, 6.45) is 0.0196. The minimum Gasteiger partial charge on any atom is -0.326 e. The second-order valence-corrected chi connectivity index (χ2v) is 8.59. The van der Waals surface area contributed by atoms with Crippen LogP contribution >= 0.6 is 23.5 Å². The first-order chi connectivity index (χ1) is 13.3. The van der Waals surface area contributed by atoms with E-state index in [-0.39, 0.29) is 23.5 Å². The second-order valence-electron chi connectivity index (χ2n) is 6.41. The summed E-state index contributed by atoms with van der Waals surface area (Å²) in [7, 11) is 0. The van der Waals surface area contributed by atoms with E-state index in [0.717, 1.165) is 39.6 Å². The topological polar surface area (TPSA) is 112 Å². The summed E-state index contributed by atoms with van der Waals surface area (Å²) in [5.74, 6) is -0.191. The zero-order chi connectivity index (χ0) is 20.3. The molecule has 2 fully saturated rings. The molecule has 0 radical (unpaired) electrons. The van der Waals surface area contributed by atoms with Gasteiger partial charge in [-0.3, -0.25) is 19.7 Å². The Balaban J connectivity index is 1.61. The smallest absolute Gasteiger partial charge is 0.289 e. The van der Waals surface area contributed by atoms with Crippen molar-refractivity contribution in [3.05, 3.63) is 40.3 Å². The number of nitrogens with one attached hydrogen (secondary N) is 3. The van der Waals surface area contributed by atoms with Gasteiger partial charge in [0.25, 0.3) is 5.24 Å². The molecule has 0 aromatic heterocycles. The molecule has 8 nitrogen and oxygen atoms in total. The van der Waals surface area contributed by atoms with Gasteiger partial charge in [-0.15, -0.1) is 10.2 Å². The average molecular weight is 418 g/mol. The molecule has 2 aliphatic rings. The molecule has 0 unspecified atom stereocenters. The largest absolute Gasteiger partial charge is 0.326 e. The van der Waals surface area contributed by atoms with Crippen LogP contribution < -0.4 is 16.0 Å². The van der Waals surface area contributed by atoms with Crippen molar-refractivity contribution >= 4 is 57.3 Å². The molecule has 3 rings (SSSR count). The van der Waals surface area contributed by atoms with E-state index in [0.29, 0.717) is 16.7 Å². The van der Waals surface area contributed by atoms with Gasteiger partial charge in [0.15, 0.2) is 11.0 Å². The van der Waals surface area contributed by atoms with Gasteiger partial charge in [0.05, 0.1) is 4.91 Å². The molecule has 0 bridgehead atoms. The fraction of sp³-hybridized carbons (Fsp3) is 0.278. The van der Waals surface area contributed by atoms with Gasteiger partial charge in [0, 0.05) is 12.1 Å². The molecule has 28 heavy (non-hydrogen) atoms. The Morgan fingerprint density at radius 2 is 1.86 bits per heavy atom. The summed E-state index contributed by atoms with van der Waals surface area (Å²) in [4.78, 5) is 36.6. The van der Waals surface area contributed by atoms with Crippen LogP contribution in [0.4, 0.5) is 10.5 Å². The predicted molar refractivity (Wildman–Crippen MR) is 113 cm³/mol. The van der Waals surface area contributed by atoms with Gasteiger partial charge >= 0.3 is 0 Å². The van der Waals surface area contributed by atoms with E-state index in [1.54, 1.807) is 0 Å². The average Bonchev–Trinajstić information content (AvgIpc) is 3.17. The number of aryl methyl sites for hydroxylation is 1. The minimum atomic E-state index is -0.583. The molecule has 1 aromatic carbocycles. The fourth-order valence-electron chi connectivity index (χ4n) is 2.43. The van der Waals surface area contributed by atoms with E-state index in [9.17, 15) is 14.4 Å². The zero-order valence-electron chi connectivity index (χ0n) is 15.5. The zero-order valence-corrected chi connectivity index (χ0v) is 17.2. The number of hydrogen-bond donors (Lipinski definition) is 3. The fourth-order valence-corrected chi connectivity index (χ4v) is 4.07. The normalized spacial score (nSPS) is 21.8. The Labute approximate surface area is 170 Å². The summed E-state index contributed by atoms with van der Waals surface area (Å²) >= 11 is 2.20. The third-order valence-corrected chi connectivity index (χ3v) is 5.97. The van der Waals surface area contributed by atoms with Crippen molar-refractivity contribution in [2.45, 2.75) is 32.4 Å². The monoisotopic (exact) mass is 417 g/mol. The van der Waals surface area contributed by atoms with Crippen molar-refractivity contribution in [3.63, 3.8) is 0 Å². The highest BCUT2D eigenvalue weighted by Crippen LogP contribution is 2.28. The van der Waals surface area contributed by atoms with Gasteiger partial charge in [-0.1, -0.05) is 35.0 Å². The maximum Gasteiger partial charge on any atom is 0.289 e. The van der Waals surface area contributed by atoms with Crippen LogP contribution in [-0.4, -0.2) is 33.3 Å². The van der Waals surface area contributed by atoms with Crippen LogP contribution in [0.15, 0.2) is 44.9 Å². The van der Waals surface area contributed by atoms with E-state index >= 15 is 0 Å². The standard InChI is InChI=1S/C18H19N5O3S2/c1-9(2)14-15(20-18(26)28-14)22-23-17-21-16(25)12(27-17)8-13(24)19-11-6-4-10(3)5-7-11/h4-7,12H,8H2,1-3H3,(H,19,24)(H,20,22,26)(H,21,23,25)/t12-/m0/s1. The Hall–Kier alpha value is -2.59. The lowest BCUT2D eigenvalue weighted by atomic mass is 10.2. The summed E-state index contributed by atoms with van der Waals surface area (Å²) in [5.41, 5.74) is 2.72. The number of carbonyl (C=O) groups excluding carboxylic acids is 3. The van der Waals surface area contributed by atoms with Crippen LogP contribution in [0.25, 0.3) is 0 Å². The molecule has 3 amide bonds. The van der Waals surface area contributed by atoms with Crippen LogP contribution in [0, 0.1) is 6.92 Å². The highest BCUT2D eigenvalue weighted by Gasteiger charge is 2.32. The lowest BCUT2D eigenvalue weighted by Gasteiger charge is -2.07. The minimum absolute atomic E-state index is 0.0196. The second kappa shape index (κ2) is 8.61. The number of amidine groups is 2. The third kappa shape index (κ3) is 5.02. The number of benzene rings is 1. The molecule has 1 aromatic rings. The Bertz CT molecular complexity index is 918. The quantitative estimate of drug-likeness (QED) is 0.652. The number of thioether (sulfide) groups is 2. The predicted octanol–water partition coefficient (Wildman–Crippen LogP) is 2.98. The van der Waals surface area contributed by atoms with Gasteiger partial charge in [-0.25, -0.2) is 0 Å². The molecule has 10 heteroatoms. The molecule has 3 N–H and O–H groups in total. The molecular formula is C18H19N5O3S2. The Morgan fingerprint density at radius 3 is 2.54 bits per heavy atom. The molecule has 2 aliphatic heterocycles. The number of allylic oxidation sites excluding steroid dienone is 1. The number of hydrogen-bond acceptors (Lipinski definition) is 7. The lowest BCUT2D eigenvalue weighted by molar-refractivity contribution is -0.122. The lowest BCUT2D eigenvalue weighted by Crippen LogP contribution is -2.28. The first-order valence-corrected chi connectivity index (χ1v) is 10.2. The van der Waals surface area contributed by atoms with Gasteiger partial charge in [-0.2, -0.15) is 0 Å². The summed E-state index contributed by atoms with van der Waals surface area (Å²) < 4.78 is 0. The molecule has 0 aliphatic carbocycles. The number of rotatable bonds is 4. The molecule has 2 heterocycles. The maximum atomic E-state index is 12.2. The van der Waals surface area contributed by atoms with Crippen molar-refractivity contribution in [1.82, 2.24) is 10.6 Å². The highest BCUT2D eigenvalue weighted by molar-refractivity contribution is 8.18. The van der Waals surface area contributed by atoms with E-state index in [1.165, 1.54) is 0 Å². The number of nitrogens with zero attached hydrogens (tertiary/aromatic N) is 2. The third-order valence-electron chi connectivity index (χ3n) is 3.81. The van der Waals surface area contributed by atoms with Crippen molar-refractivity contribution in [2.24, 2.45) is 10.2 Å². The van der Waals surface area contributed by atoms with E-state index in [1.807, 2.05) is 45.0 Å². The van der Waals surface area contributed by atoms with Gasteiger partial charge < -0.3 is 10.6 Å². The first-order valence-electron chi connectivity index (χ1n) is 8.48. The number of anilines is 1. The molecule has 0 saturated carbocycles. The maximum absolute atomic E-state index is 12.2. The Morgan fingerprint density at radius 1 is 1.14 bits per heavy atom. The van der Waals surface area contributed by atoms with Crippen molar-refractivity contribution < 1.29 is 14.4 Å². The molecule has 1 atom stereocenters. The van der Waals surface area contributed by atoms with Crippen LogP contribution in [0.5, 0.6) is 0 Å². The molecule has 0 spiro atoms. The van der Waals surface area contributed by atoms with Crippen molar-refractivity contribution in [3.8, 4) is 0 Å². The number of amides is 3. The van der Waals surface area contributed by atoms with Gasteiger partial charge in [0.1, 0.15) is 5.25 Å². The van der Waals surface area contributed by atoms with Crippen LogP contribution in [0.2, 0.25) is 0 Å². The Kier molecular flexibility index (Phi) is 6.20. The summed E-state index contributed by atoms with van der Waals surface area (Å²) in [6, 6.07) is 7.42. The molecule has 2 saturated heterocycles. The van der Waals surface area contributed by atoms with Crippen LogP contribution in [-0.2, 0) is 9.59 Å². The molecule has 146 valence electrons. The van der Waals surface area contributed by atoms with Crippen molar-refractivity contribution in [1.29, 1.82) is 0 Å². The van der Waals surface area contributed by atoms with Gasteiger partial charge in [0.2, 0.25) is 11.8 Å². The van der Waals surface area contributed by atoms with Gasteiger partial charge in [-0.05, 0) is 44.7 Å². The molecular weight excluding hydrogens is 398 g/mol. The summed E-state index contributed by atoms with van der Waals surface area (Å²) in [5, 5.41) is 15.6. The van der Waals surface area contributed by atoms with Crippen LogP contribution in [0.1, 0.15) is 25.8 Å². The van der Waals surface area contributed by atoms with E-state index in [4.69, 9.17) is 0 Å². The number of carbonyl (C=O) groups is 3. The first kappa shape index (κ1) is 20.2.